The van der Waals surface area contributed by atoms with E-state index < -0.39 is 88.1 Å². The van der Waals surface area contributed by atoms with Gasteiger partial charge in [-0.05, 0) is 76.2 Å². The van der Waals surface area contributed by atoms with E-state index in [1.165, 1.54) is 0 Å². The van der Waals surface area contributed by atoms with Crippen LogP contribution in [0.1, 0.15) is 28.8 Å². The van der Waals surface area contributed by atoms with Crippen LogP contribution in [0.4, 0.5) is 17.6 Å². The lowest BCUT2D eigenvalue weighted by Gasteiger charge is -2.30. The van der Waals surface area contributed by atoms with Crippen LogP contribution in [-0.2, 0) is 33.9 Å². The highest BCUT2D eigenvalue weighted by Crippen LogP contribution is 2.59. The number of hydrogen-bond acceptors (Lipinski definition) is 8. The zero-order chi connectivity index (χ0) is 27.7. The number of alkyl halides is 4. The lowest BCUT2D eigenvalue weighted by Crippen LogP contribution is -2.47. The summed E-state index contributed by atoms with van der Waals surface area (Å²) in [6, 6.07) is 3.48. The van der Waals surface area contributed by atoms with Crippen molar-refractivity contribution in [2.24, 2.45) is 23.7 Å². The molecular weight excluding hydrogens is 758 g/mol. The first-order chi connectivity index (χ1) is 17.0. The number of aryl methyl sites for hydroxylation is 1. The average molecular weight is 776 g/mol. The highest BCUT2D eigenvalue weighted by molar-refractivity contribution is 14.1. The molecule has 9 nitrogen and oxygen atoms in total. The molecule has 0 radical (unpaired) electrons. The fourth-order valence-electron chi connectivity index (χ4n) is 5.24. The molecule has 6 atom stereocenters. The molecule has 2 aliphatic carbocycles. The van der Waals surface area contributed by atoms with Gasteiger partial charge in [0, 0.05) is 19.0 Å². The fourth-order valence-corrected chi connectivity index (χ4v) is 7.03. The van der Waals surface area contributed by atoms with Gasteiger partial charge in [-0.25, -0.2) is 4.79 Å². The third kappa shape index (κ3) is 4.83. The SMILES string of the molecule is Cc1cc(I)cc(C(=O)OC2C3CC4C2OC(=O)C4C3C(=O)OCCC(F)(F)C(F)(F)S(=O)(=O)O)c1I. The predicted octanol–water partition coefficient (Wildman–Crippen LogP) is 3.59. The molecule has 3 aliphatic rings. The van der Waals surface area contributed by atoms with E-state index in [0.717, 1.165) is 9.13 Å². The van der Waals surface area contributed by atoms with E-state index in [0.29, 0.717) is 3.57 Å². The normalized spacial score (nSPS) is 28.8. The average Bonchev–Trinajstić information content (AvgIpc) is 3.38. The van der Waals surface area contributed by atoms with Crippen molar-refractivity contribution < 1.29 is 59.1 Å². The molecule has 2 bridgehead atoms. The summed E-state index contributed by atoms with van der Waals surface area (Å²) < 4.78 is 101. The van der Waals surface area contributed by atoms with Crippen LogP contribution in [0.3, 0.4) is 0 Å². The summed E-state index contributed by atoms with van der Waals surface area (Å²) in [6.07, 6.45) is -3.47. The number of hydrogen-bond donors (Lipinski definition) is 1. The molecule has 0 spiro atoms. The Morgan fingerprint density at radius 1 is 1.19 bits per heavy atom. The van der Waals surface area contributed by atoms with Gasteiger partial charge in [-0.2, -0.15) is 26.0 Å². The maximum Gasteiger partial charge on any atom is 0.431 e. The van der Waals surface area contributed by atoms with Crippen LogP contribution >= 0.6 is 45.2 Å². The van der Waals surface area contributed by atoms with Crippen molar-refractivity contribution in [3.8, 4) is 0 Å². The Hall–Kier alpha value is -1.28. The van der Waals surface area contributed by atoms with Gasteiger partial charge in [0.1, 0.15) is 12.2 Å². The molecule has 2 saturated carbocycles. The van der Waals surface area contributed by atoms with Gasteiger partial charge in [-0.15, -0.1) is 0 Å². The van der Waals surface area contributed by atoms with E-state index in [-0.39, 0.29) is 12.0 Å². The number of carbonyl (C=O) groups is 3. The third-order valence-corrected chi connectivity index (χ3v) is 9.91. The van der Waals surface area contributed by atoms with Crippen LogP contribution in [0.5, 0.6) is 0 Å². The van der Waals surface area contributed by atoms with Crippen LogP contribution in [-0.4, -0.2) is 60.9 Å². The summed E-state index contributed by atoms with van der Waals surface area (Å²) in [6.45, 7) is 0.489. The number of carbonyl (C=O) groups excluding carboxylic acids is 3. The van der Waals surface area contributed by atoms with Gasteiger partial charge in [0.25, 0.3) is 0 Å². The second-order valence-corrected chi connectivity index (χ2v) is 12.9. The predicted molar refractivity (Wildman–Crippen MR) is 131 cm³/mol. The minimum Gasteiger partial charge on any atom is -0.465 e. The largest absolute Gasteiger partial charge is 0.465 e. The molecule has 37 heavy (non-hydrogen) atoms. The quantitative estimate of drug-likeness (QED) is 0.138. The Kier molecular flexibility index (Phi) is 7.55. The van der Waals surface area contributed by atoms with Crippen molar-refractivity contribution in [2.75, 3.05) is 6.61 Å². The van der Waals surface area contributed by atoms with Crippen molar-refractivity contribution in [2.45, 2.75) is 43.2 Å². The van der Waals surface area contributed by atoms with Crippen LogP contribution in [0, 0.1) is 37.7 Å². The van der Waals surface area contributed by atoms with Gasteiger partial charge < -0.3 is 14.2 Å². The molecular formula is C21H18F4I2O9S. The maximum atomic E-state index is 13.7. The molecule has 1 N–H and O–H groups in total. The minimum atomic E-state index is -6.43. The molecule has 1 aromatic rings. The van der Waals surface area contributed by atoms with E-state index in [1.807, 2.05) is 58.2 Å². The molecule has 4 rings (SSSR count). The number of halogens is 6. The highest BCUT2D eigenvalue weighted by Gasteiger charge is 2.70. The van der Waals surface area contributed by atoms with E-state index >= 15 is 0 Å². The van der Waals surface area contributed by atoms with Crippen molar-refractivity contribution in [1.29, 1.82) is 0 Å². The van der Waals surface area contributed by atoms with E-state index in [9.17, 15) is 40.4 Å². The zero-order valence-corrected chi connectivity index (χ0v) is 23.8. The third-order valence-electron chi connectivity index (χ3n) is 6.91. The lowest BCUT2D eigenvalue weighted by molar-refractivity contribution is -0.178. The van der Waals surface area contributed by atoms with Crippen molar-refractivity contribution in [3.05, 3.63) is 30.4 Å². The first-order valence-electron chi connectivity index (χ1n) is 10.7. The van der Waals surface area contributed by atoms with Gasteiger partial charge in [-0.3, -0.25) is 14.1 Å². The Labute approximate surface area is 235 Å². The van der Waals surface area contributed by atoms with E-state index in [2.05, 4.69) is 0 Å². The molecule has 1 aromatic carbocycles. The highest BCUT2D eigenvalue weighted by atomic mass is 127. The van der Waals surface area contributed by atoms with Gasteiger partial charge in [0.05, 0.1) is 30.4 Å². The molecule has 204 valence electrons. The van der Waals surface area contributed by atoms with Crippen molar-refractivity contribution in [3.63, 3.8) is 0 Å². The summed E-state index contributed by atoms with van der Waals surface area (Å²) in [5.74, 6) is -11.3. The molecule has 6 unspecified atom stereocenters. The summed E-state index contributed by atoms with van der Waals surface area (Å²) >= 11 is 4.02. The van der Waals surface area contributed by atoms with Crippen molar-refractivity contribution >= 4 is 73.2 Å². The number of ether oxygens (including phenoxy) is 3. The van der Waals surface area contributed by atoms with Crippen LogP contribution in [0.15, 0.2) is 12.1 Å². The van der Waals surface area contributed by atoms with Gasteiger partial charge in [-0.1, -0.05) is 0 Å². The summed E-state index contributed by atoms with van der Waals surface area (Å²) in [5, 5.41) is -5.80. The molecule has 16 heteroatoms. The lowest BCUT2D eigenvalue weighted by atomic mass is 9.78. The number of rotatable bonds is 8. The first-order valence-corrected chi connectivity index (χ1v) is 14.3. The summed E-state index contributed by atoms with van der Waals surface area (Å²) in [4.78, 5) is 38.2. The Balaban J connectivity index is 1.48. The van der Waals surface area contributed by atoms with Gasteiger partial charge >= 0.3 is 39.2 Å². The molecule has 3 fully saturated rings. The smallest absolute Gasteiger partial charge is 0.431 e. The molecule has 0 amide bonds. The Morgan fingerprint density at radius 2 is 1.84 bits per heavy atom. The second kappa shape index (κ2) is 9.72. The van der Waals surface area contributed by atoms with Gasteiger partial charge in [0.2, 0.25) is 0 Å². The van der Waals surface area contributed by atoms with E-state index in [4.69, 9.17) is 18.8 Å². The zero-order valence-electron chi connectivity index (χ0n) is 18.6. The standard InChI is InChI=1S/C21H18F4I2O9S/c1-7-4-8(26)5-11(14(7)27)17(28)35-15-9-6-10-13(19(30)36-16(10)15)12(9)18(29)34-3-2-20(22,23)21(24,25)37(31,32)33/h4-5,9-10,12-13,15-16H,2-3,6H2,1H3,(H,31,32,33). The van der Waals surface area contributed by atoms with E-state index in [1.54, 1.807) is 6.07 Å². The van der Waals surface area contributed by atoms with Crippen LogP contribution < -0.4 is 0 Å². The second-order valence-electron chi connectivity index (χ2n) is 9.08. The van der Waals surface area contributed by atoms with Crippen molar-refractivity contribution in [1.82, 2.24) is 0 Å². The first kappa shape index (κ1) is 28.7. The van der Waals surface area contributed by atoms with Crippen LogP contribution in [0.2, 0.25) is 0 Å². The molecule has 0 aromatic heterocycles. The molecule has 1 heterocycles. The van der Waals surface area contributed by atoms with Gasteiger partial charge in [0.15, 0.2) is 0 Å². The number of benzene rings is 1. The maximum absolute atomic E-state index is 13.7. The van der Waals surface area contributed by atoms with Crippen LogP contribution in [0.25, 0.3) is 0 Å². The molecule has 1 aliphatic heterocycles. The Morgan fingerprint density at radius 3 is 2.46 bits per heavy atom. The summed E-state index contributed by atoms with van der Waals surface area (Å²) in [5.41, 5.74) is 1.10. The number of esters is 3. The molecule has 1 saturated heterocycles. The minimum absolute atomic E-state index is 0.248. The number of fused-ring (bicyclic) bond motifs is 1. The summed E-state index contributed by atoms with van der Waals surface area (Å²) in [7, 11) is -6.43. The topological polar surface area (TPSA) is 133 Å². The monoisotopic (exact) mass is 776 g/mol. The Bertz CT molecular complexity index is 1270. The fraction of sp³-hybridized carbons (Fsp3) is 0.571.